The van der Waals surface area contributed by atoms with Crippen LogP contribution in [0.1, 0.15) is 93.9 Å². The number of imide groups is 1. The fraction of sp³-hybridized carbons (Fsp3) is 0.740. The van der Waals surface area contributed by atoms with Crippen LogP contribution in [0.2, 0.25) is 0 Å². The van der Waals surface area contributed by atoms with Crippen LogP contribution in [0.4, 0.5) is 0 Å². The van der Waals surface area contributed by atoms with Crippen molar-refractivity contribution in [2.75, 3.05) is 55.0 Å². The van der Waals surface area contributed by atoms with Crippen molar-refractivity contribution in [3.05, 3.63) is 12.2 Å². The lowest BCUT2D eigenvalue weighted by Crippen LogP contribution is -2.61. The topological polar surface area (TPSA) is 366 Å². The SMILES string of the molecule is CC[C@H](C)[C@@H]([C@@H](CC(=O)N1CCC[C@H]1[C@H](OC)[C@@H](C)C(=O)N[C@H](C(=O)N[C@@H](CCC(=O)O)C(=O)N[C@@H](CNC(=O)[C@H](CN)N1C(=O)C=CC1=O)C(=O)O)[C@@H](C)O)OC)N(C)C(=O)[C@@H](NC(=O)C(C(C)C)N(C)C)C(C)C. The number of likely N-dealkylation sites (N-methyl/N-ethyl adjacent to an activating group) is 2. The molecular weight excluding hydrogens is 997 g/mol. The molecule has 2 heterocycles. The Kier molecular flexibility index (Phi) is 26.6. The Morgan fingerprint density at radius 3 is 1.83 bits per heavy atom. The van der Waals surface area contributed by atoms with Gasteiger partial charge in [0.25, 0.3) is 11.8 Å². The number of ether oxygens (including phenoxy) is 2. The van der Waals surface area contributed by atoms with E-state index in [0.717, 1.165) is 12.2 Å². The molecule has 13 atom stereocenters. The van der Waals surface area contributed by atoms with Crippen molar-refractivity contribution in [1.82, 2.24) is 46.2 Å². The molecule has 76 heavy (non-hydrogen) atoms. The monoisotopic (exact) mass is 1080 g/mol. The molecule has 26 heteroatoms. The molecule has 0 spiro atoms. The molecule has 26 nitrogen and oxygen atoms in total. The highest BCUT2D eigenvalue weighted by Gasteiger charge is 2.44. The number of aliphatic hydroxyl groups is 1. The fourth-order valence-electron chi connectivity index (χ4n) is 9.74. The lowest BCUT2D eigenvalue weighted by molar-refractivity contribution is -0.148. The third kappa shape index (κ3) is 17.7. The van der Waals surface area contributed by atoms with Gasteiger partial charge in [-0.3, -0.25) is 57.7 Å². The predicted octanol–water partition coefficient (Wildman–Crippen LogP) is -2.21. The standard InChI is InChI=1S/C50H84N10O16/c1-14-27(6)42(58(11)49(72)39(25(2)3)55-48(71)41(26(4)5)57(9)10)34(75-12)22-37(64)59-21-15-16-32(59)43(76-13)28(7)44(67)56-40(29(8)61)47(70)53-30(17-20-38(65)66)45(68)54-31(50(73)74)24-52-46(69)33(23-51)60-35(62)18-19-36(60)63/h18-19,25-34,39-43,61H,14-17,20-24,51H2,1-13H3,(H,52,69)(H,53,70)(H,54,68)(H,55,71)(H,56,67)(H,65,66)(H,73,74)/t27-,28+,29+,30-,31-,32-,33-,34+,39-,40-,41?,42-,43+/m0/s1. The van der Waals surface area contributed by atoms with Gasteiger partial charge in [0.1, 0.15) is 30.2 Å². The minimum absolute atomic E-state index is 0.0357. The second-order valence-electron chi connectivity index (χ2n) is 20.5. The van der Waals surface area contributed by atoms with Crippen molar-refractivity contribution in [3.63, 3.8) is 0 Å². The first-order valence-electron chi connectivity index (χ1n) is 25.7. The molecular formula is C50H84N10O16. The van der Waals surface area contributed by atoms with E-state index in [9.17, 15) is 68.1 Å². The average Bonchev–Trinajstić information content (AvgIpc) is 3.96. The molecule has 430 valence electrons. The van der Waals surface area contributed by atoms with Crippen molar-refractivity contribution < 1.29 is 77.5 Å². The molecule has 2 rings (SSSR count). The molecule has 0 aromatic carbocycles. The average molecular weight is 1080 g/mol. The molecule has 1 saturated heterocycles. The van der Waals surface area contributed by atoms with Gasteiger partial charge in [-0.1, -0.05) is 54.9 Å². The third-order valence-corrected chi connectivity index (χ3v) is 14.1. The number of carboxylic acids is 2. The highest BCUT2D eigenvalue weighted by molar-refractivity contribution is 6.15. The maximum Gasteiger partial charge on any atom is 0.328 e. The van der Waals surface area contributed by atoms with Gasteiger partial charge in [0.15, 0.2) is 0 Å². The fourth-order valence-corrected chi connectivity index (χ4v) is 9.74. The Labute approximate surface area is 444 Å². The summed E-state index contributed by atoms with van der Waals surface area (Å²) in [7, 11) is 8.04. The van der Waals surface area contributed by atoms with E-state index in [2.05, 4.69) is 26.6 Å². The molecule has 1 fully saturated rings. The number of hydrogen-bond acceptors (Lipinski definition) is 16. The summed E-state index contributed by atoms with van der Waals surface area (Å²) in [5.74, 6) is -11.5. The minimum Gasteiger partial charge on any atom is -0.481 e. The van der Waals surface area contributed by atoms with Gasteiger partial charge in [0.05, 0.1) is 48.8 Å². The van der Waals surface area contributed by atoms with Crippen LogP contribution in [0.15, 0.2) is 12.2 Å². The van der Waals surface area contributed by atoms with Crippen LogP contribution >= 0.6 is 0 Å². The number of nitrogens with one attached hydrogen (secondary N) is 5. The lowest BCUT2D eigenvalue weighted by atomic mass is 9.89. The first-order chi connectivity index (χ1) is 35.5. The Hall–Kier alpha value is -6.09. The van der Waals surface area contributed by atoms with Crippen LogP contribution in [0.3, 0.4) is 0 Å². The van der Waals surface area contributed by atoms with Crippen LogP contribution in [-0.2, 0) is 62.2 Å². The van der Waals surface area contributed by atoms with Crippen LogP contribution in [0.25, 0.3) is 0 Å². The number of nitrogens with two attached hydrogens (primary N) is 1. The first kappa shape index (κ1) is 66.0. The Bertz CT molecular complexity index is 2080. The maximum atomic E-state index is 14.4. The molecule has 0 aromatic heterocycles. The van der Waals surface area contributed by atoms with Crippen molar-refractivity contribution in [3.8, 4) is 0 Å². The number of aliphatic carboxylic acids is 2. The number of rotatable bonds is 32. The summed E-state index contributed by atoms with van der Waals surface area (Å²) in [5, 5.41) is 42.1. The van der Waals surface area contributed by atoms with Gasteiger partial charge in [-0.05, 0) is 58.0 Å². The zero-order chi connectivity index (χ0) is 58.0. The molecule has 0 aliphatic carbocycles. The van der Waals surface area contributed by atoms with Gasteiger partial charge in [0, 0.05) is 59.5 Å². The van der Waals surface area contributed by atoms with E-state index in [1.54, 1.807) is 35.8 Å². The van der Waals surface area contributed by atoms with E-state index in [1.165, 1.54) is 28.1 Å². The molecule has 10 N–H and O–H groups in total. The number of carboxylic acid groups (broad SMARTS) is 2. The van der Waals surface area contributed by atoms with Crippen molar-refractivity contribution in [2.24, 2.45) is 29.4 Å². The minimum atomic E-state index is -1.90. The quantitative estimate of drug-likeness (QED) is 0.0322. The summed E-state index contributed by atoms with van der Waals surface area (Å²) in [5.41, 5.74) is 5.62. The van der Waals surface area contributed by atoms with E-state index in [1.807, 2.05) is 41.5 Å². The lowest BCUT2D eigenvalue weighted by Gasteiger charge is -2.41. The van der Waals surface area contributed by atoms with Crippen molar-refractivity contribution >= 4 is 65.1 Å². The number of likely N-dealkylation sites (tertiary alicyclic amines) is 1. The molecule has 0 aromatic rings. The van der Waals surface area contributed by atoms with Gasteiger partial charge in [0.2, 0.25) is 41.4 Å². The summed E-state index contributed by atoms with van der Waals surface area (Å²) in [6, 6.07) is -9.59. The Morgan fingerprint density at radius 1 is 0.776 bits per heavy atom. The highest BCUT2D eigenvalue weighted by atomic mass is 16.5. The second-order valence-corrected chi connectivity index (χ2v) is 20.5. The number of amides is 9. The molecule has 0 radical (unpaired) electrons. The summed E-state index contributed by atoms with van der Waals surface area (Å²) < 4.78 is 11.9. The zero-order valence-electron chi connectivity index (χ0n) is 46.2. The Balaban J connectivity index is 2.30. The number of aliphatic hydroxyl groups excluding tert-OH is 1. The van der Waals surface area contributed by atoms with Gasteiger partial charge in [-0.2, -0.15) is 0 Å². The number of carbonyl (C=O) groups excluding carboxylic acids is 9. The molecule has 9 amide bonds. The molecule has 0 saturated carbocycles. The zero-order valence-corrected chi connectivity index (χ0v) is 46.2. The first-order valence-corrected chi connectivity index (χ1v) is 25.7. The number of carbonyl (C=O) groups is 11. The van der Waals surface area contributed by atoms with E-state index >= 15 is 0 Å². The summed E-state index contributed by atoms with van der Waals surface area (Å²) in [4.78, 5) is 150. The van der Waals surface area contributed by atoms with E-state index < -0.39 is 146 Å². The van der Waals surface area contributed by atoms with Gasteiger partial charge in [-0.15, -0.1) is 0 Å². The summed E-state index contributed by atoms with van der Waals surface area (Å²) >= 11 is 0. The highest BCUT2D eigenvalue weighted by Crippen LogP contribution is 2.30. The third-order valence-electron chi connectivity index (χ3n) is 14.1. The largest absolute Gasteiger partial charge is 0.481 e. The normalized spacial score (nSPS) is 19.4. The predicted molar refractivity (Wildman–Crippen MR) is 274 cm³/mol. The number of methoxy groups -OCH3 is 2. The maximum absolute atomic E-state index is 14.4. The van der Waals surface area contributed by atoms with E-state index in [4.69, 9.17) is 15.2 Å². The second kappa shape index (κ2) is 30.6. The van der Waals surface area contributed by atoms with Gasteiger partial charge < -0.3 is 66.9 Å². The van der Waals surface area contributed by atoms with Crippen LogP contribution in [0, 0.1) is 23.7 Å². The van der Waals surface area contributed by atoms with Crippen molar-refractivity contribution in [1.29, 1.82) is 0 Å². The van der Waals surface area contributed by atoms with E-state index in [-0.39, 0.29) is 41.9 Å². The summed E-state index contributed by atoms with van der Waals surface area (Å²) in [6.45, 7) is 13.1. The molecule has 1 unspecified atom stereocenters. The van der Waals surface area contributed by atoms with Crippen LogP contribution in [0.5, 0.6) is 0 Å². The van der Waals surface area contributed by atoms with Gasteiger partial charge >= 0.3 is 11.9 Å². The van der Waals surface area contributed by atoms with Crippen LogP contribution in [-0.4, -0.2) is 222 Å². The molecule has 2 aliphatic heterocycles. The summed E-state index contributed by atoms with van der Waals surface area (Å²) in [6.07, 6.45) is -1.45. The smallest absolute Gasteiger partial charge is 0.328 e. The number of hydrogen-bond donors (Lipinski definition) is 9. The van der Waals surface area contributed by atoms with Crippen molar-refractivity contribution in [2.45, 2.75) is 161 Å². The Morgan fingerprint density at radius 2 is 1.36 bits per heavy atom. The number of nitrogens with zero attached hydrogens (tertiary/aromatic N) is 4. The van der Waals surface area contributed by atoms with Crippen LogP contribution < -0.4 is 32.3 Å². The van der Waals surface area contributed by atoms with E-state index in [0.29, 0.717) is 30.7 Å². The molecule has 0 bridgehead atoms. The molecule has 2 aliphatic rings. The van der Waals surface area contributed by atoms with Gasteiger partial charge in [-0.25, -0.2) is 4.79 Å².